The normalized spacial score (nSPS) is 12.8. The number of carbonyl (C=O) groups is 2. The number of hydrogen-bond acceptors (Lipinski definition) is 4. The SMILES string of the molecule is Cc1nc(=O)[nH]c(C)c1CCC(=O)N1CC=CC1.O=CO. The van der Waals surface area contributed by atoms with Gasteiger partial charge in [-0.2, -0.15) is 4.98 Å². The van der Waals surface area contributed by atoms with E-state index in [1.165, 1.54) is 0 Å². The smallest absolute Gasteiger partial charge is 0.345 e. The van der Waals surface area contributed by atoms with Gasteiger partial charge in [0, 0.05) is 30.9 Å². The van der Waals surface area contributed by atoms with Crippen molar-refractivity contribution >= 4 is 12.4 Å². The second-order valence-electron chi connectivity index (χ2n) is 4.61. The molecule has 7 heteroatoms. The van der Waals surface area contributed by atoms with E-state index in [-0.39, 0.29) is 18.1 Å². The number of aromatic nitrogens is 2. The fourth-order valence-electron chi connectivity index (χ4n) is 2.20. The van der Waals surface area contributed by atoms with Gasteiger partial charge in [0.2, 0.25) is 5.91 Å². The number of rotatable bonds is 3. The zero-order valence-corrected chi connectivity index (χ0v) is 12.1. The summed E-state index contributed by atoms with van der Waals surface area (Å²) in [4.78, 5) is 39.8. The summed E-state index contributed by atoms with van der Waals surface area (Å²) in [7, 11) is 0. The third-order valence-electron chi connectivity index (χ3n) is 3.21. The van der Waals surface area contributed by atoms with Gasteiger partial charge in [0.25, 0.3) is 6.47 Å². The highest BCUT2D eigenvalue weighted by atomic mass is 16.3. The molecule has 1 aromatic rings. The van der Waals surface area contributed by atoms with Crippen LogP contribution in [0.25, 0.3) is 0 Å². The molecule has 2 rings (SSSR count). The van der Waals surface area contributed by atoms with Crippen molar-refractivity contribution in [3.63, 3.8) is 0 Å². The molecule has 0 aromatic carbocycles. The average molecular weight is 293 g/mol. The van der Waals surface area contributed by atoms with Gasteiger partial charge >= 0.3 is 5.69 Å². The highest BCUT2D eigenvalue weighted by molar-refractivity contribution is 5.77. The molecule has 1 aromatic heterocycles. The lowest BCUT2D eigenvalue weighted by atomic mass is 10.1. The van der Waals surface area contributed by atoms with E-state index in [4.69, 9.17) is 9.90 Å². The Labute approximate surface area is 122 Å². The van der Waals surface area contributed by atoms with Gasteiger partial charge in [-0.1, -0.05) is 12.2 Å². The minimum Gasteiger partial charge on any atom is -0.483 e. The monoisotopic (exact) mass is 293 g/mol. The Morgan fingerprint density at radius 3 is 2.52 bits per heavy atom. The topological polar surface area (TPSA) is 103 Å². The van der Waals surface area contributed by atoms with Crippen LogP contribution in [0.15, 0.2) is 16.9 Å². The largest absolute Gasteiger partial charge is 0.483 e. The number of carbonyl (C=O) groups excluding carboxylic acids is 1. The Morgan fingerprint density at radius 1 is 1.43 bits per heavy atom. The van der Waals surface area contributed by atoms with Gasteiger partial charge in [-0.05, 0) is 25.8 Å². The molecular weight excluding hydrogens is 274 g/mol. The zero-order valence-electron chi connectivity index (χ0n) is 12.1. The molecule has 0 atom stereocenters. The van der Waals surface area contributed by atoms with Gasteiger partial charge < -0.3 is 15.0 Å². The molecule has 21 heavy (non-hydrogen) atoms. The number of aryl methyl sites for hydroxylation is 2. The summed E-state index contributed by atoms with van der Waals surface area (Å²) in [6, 6.07) is 0. The Hall–Kier alpha value is -2.44. The standard InChI is InChI=1S/C13H17N3O2.CH2O2/c1-9-11(10(2)15-13(18)14-9)5-6-12(17)16-7-3-4-8-16;2-1-3/h3-4H,5-8H2,1-2H3,(H,14,15,18);1H,(H,2,3). The predicted molar refractivity (Wildman–Crippen MR) is 77.1 cm³/mol. The molecule has 0 radical (unpaired) electrons. The maximum Gasteiger partial charge on any atom is 0.345 e. The number of H-pyrrole nitrogens is 1. The van der Waals surface area contributed by atoms with Crippen molar-refractivity contribution < 1.29 is 14.7 Å². The van der Waals surface area contributed by atoms with Crippen LogP contribution in [0, 0.1) is 13.8 Å². The summed E-state index contributed by atoms with van der Waals surface area (Å²) in [6.07, 6.45) is 5.07. The average Bonchev–Trinajstić information content (AvgIpc) is 2.92. The molecule has 0 saturated heterocycles. The van der Waals surface area contributed by atoms with Gasteiger partial charge in [-0.25, -0.2) is 4.79 Å². The van der Waals surface area contributed by atoms with Crippen molar-refractivity contribution in [1.29, 1.82) is 0 Å². The number of aromatic amines is 1. The van der Waals surface area contributed by atoms with Gasteiger partial charge in [-0.15, -0.1) is 0 Å². The minimum atomic E-state index is -0.330. The zero-order chi connectivity index (χ0) is 15.8. The highest BCUT2D eigenvalue weighted by Crippen LogP contribution is 2.11. The summed E-state index contributed by atoms with van der Waals surface area (Å²) < 4.78 is 0. The molecule has 2 N–H and O–H groups in total. The fraction of sp³-hybridized carbons (Fsp3) is 0.429. The number of carboxylic acid groups (broad SMARTS) is 1. The van der Waals surface area contributed by atoms with E-state index in [1.807, 2.05) is 24.0 Å². The molecule has 0 fully saturated rings. The summed E-state index contributed by atoms with van der Waals surface area (Å²) >= 11 is 0. The van der Waals surface area contributed by atoms with Gasteiger partial charge in [0.1, 0.15) is 0 Å². The van der Waals surface area contributed by atoms with E-state index >= 15 is 0 Å². The lowest BCUT2D eigenvalue weighted by Gasteiger charge is -2.15. The fourth-order valence-corrected chi connectivity index (χ4v) is 2.20. The summed E-state index contributed by atoms with van der Waals surface area (Å²) in [5, 5.41) is 6.89. The molecule has 0 unspecified atom stereocenters. The predicted octanol–water partition coefficient (Wildman–Crippen LogP) is 0.419. The first kappa shape index (κ1) is 16.6. The van der Waals surface area contributed by atoms with Crippen LogP contribution in [-0.4, -0.2) is 45.4 Å². The van der Waals surface area contributed by atoms with Crippen LogP contribution in [0.4, 0.5) is 0 Å². The molecule has 114 valence electrons. The van der Waals surface area contributed by atoms with Crippen molar-refractivity contribution in [2.24, 2.45) is 0 Å². The second-order valence-corrected chi connectivity index (χ2v) is 4.61. The molecule has 7 nitrogen and oxygen atoms in total. The quantitative estimate of drug-likeness (QED) is 0.621. The summed E-state index contributed by atoms with van der Waals surface area (Å²) in [5.41, 5.74) is 2.15. The molecule has 0 saturated carbocycles. The van der Waals surface area contributed by atoms with E-state index in [0.717, 1.165) is 11.3 Å². The molecule has 0 bridgehead atoms. The van der Waals surface area contributed by atoms with E-state index < -0.39 is 0 Å². The molecule has 0 spiro atoms. The van der Waals surface area contributed by atoms with Gasteiger partial charge in [0.15, 0.2) is 0 Å². The van der Waals surface area contributed by atoms with Crippen molar-refractivity contribution in [3.8, 4) is 0 Å². The first-order chi connectivity index (χ1) is 9.99. The lowest BCUT2D eigenvalue weighted by molar-refractivity contribution is -0.129. The molecule has 1 aliphatic rings. The van der Waals surface area contributed by atoms with Crippen LogP contribution in [0.2, 0.25) is 0 Å². The molecule has 0 aliphatic carbocycles. The highest BCUT2D eigenvalue weighted by Gasteiger charge is 2.15. The maximum atomic E-state index is 11.9. The van der Waals surface area contributed by atoms with Crippen LogP contribution in [0.1, 0.15) is 23.4 Å². The lowest BCUT2D eigenvalue weighted by Crippen LogP contribution is -2.28. The molecule has 1 amide bonds. The number of nitrogens with zero attached hydrogens (tertiary/aromatic N) is 2. The summed E-state index contributed by atoms with van der Waals surface area (Å²) in [6.45, 7) is 4.81. The van der Waals surface area contributed by atoms with E-state index in [1.54, 1.807) is 6.92 Å². The third kappa shape index (κ3) is 4.87. The van der Waals surface area contributed by atoms with Crippen molar-refractivity contribution in [1.82, 2.24) is 14.9 Å². The van der Waals surface area contributed by atoms with Crippen molar-refractivity contribution in [2.45, 2.75) is 26.7 Å². The van der Waals surface area contributed by atoms with Crippen molar-refractivity contribution in [3.05, 3.63) is 39.6 Å². The number of amides is 1. The second kappa shape index (κ2) is 7.98. The number of hydrogen-bond donors (Lipinski definition) is 2. The first-order valence-electron chi connectivity index (χ1n) is 6.56. The van der Waals surface area contributed by atoms with Crippen LogP contribution in [-0.2, 0) is 16.0 Å². The molecule has 1 aliphatic heterocycles. The van der Waals surface area contributed by atoms with Crippen LogP contribution < -0.4 is 5.69 Å². The van der Waals surface area contributed by atoms with Crippen LogP contribution >= 0.6 is 0 Å². The van der Waals surface area contributed by atoms with Gasteiger partial charge in [0.05, 0.1) is 0 Å². The minimum absolute atomic E-state index is 0.144. The molecule has 2 heterocycles. The van der Waals surface area contributed by atoms with Gasteiger partial charge in [-0.3, -0.25) is 9.59 Å². The van der Waals surface area contributed by atoms with E-state index in [0.29, 0.717) is 31.6 Å². The van der Waals surface area contributed by atoms with Crippen LogP contribution in [0.3, 0.4) is 0 Å². The number of nitrogens with one attached hydrogen (secondary N) is 1. The Morgan fingerprint density at radius 2 is 2.00 bits per heavy atom. The Kier molecular flexibility index (Phi) is 6.32. The van der Waals surface area contributed by atoms with Crippen molar-refractivity contribution in [2.75, 3.05) is 13.1 Å². The van der Waals surface area contributed by atoms with E-state index in [9.17, 15) is 9.59 Å². The Balaban J connectivity index is 0.000000677. The van der Waals surface area contributed by atoms with E-state index in [2.05, 4.69) is 9.97 Å². The molecular formula is C14H19N3O4. The Bertz CT molecular complexity index is 558. The maximum absolute atomic E-state index is 11.9. The third-order valence-corrected chi connectivity index (χ3v) is 3.21. The first-order valence-corrected chi connectivity index (χ1v) is 6.56. The van der Waals surface area contributed by atoms with Crippen LogP contribution in [0.5, 0.6) is 0 Å². The summed E-state index contributed by atoms with van der Waals surface area (Å²) in [5.74, 6) is 0.144.